The molecule has 0 aromatic heterocycles. The van der Waals surface area contributed by atoms with E-state index in [1.807, 2.05) is 6.92 Å². The van der Waals surface area contributed by atoms with Crippen LogP contribution in [0.4, 0.5) is 0 Å². The summed E-state index contributed by atoms with van der Waals surface area (Å²) in [7, 11) is 0. The molecule has 0 atom stereocenters. The van der Waals surface area contributed by atoms with E-state index in [0.29, 0.717) is 3.91 Å². The normalized spacial score (nSPS) is 8.67. The Morgan fingerprint density at radius 2 is 2.11 bits per heavy atom. The molecule has 0 aliphatic heterocycles. The van der Waals surface area contributed by atoms with E-state index < -0.39 is 0 Å². The van der Waals surface area contributed by atoms with E-state index in [4.69, 9.17) is 0 Å². The zero-order valence-corrected chi connectivity index (χ0v) is 7.86. The fraction of sp³-hybridized carbons (Fsp3) is 0.857. The Labute approximate surface area is 66.9 Å². The fourth-order valence-electron chi connectivity index (χ4n) is 0.749. The molecule has 0 fully saturated rings. The van der Waals surface area contributed by atoms with E-state index in [9.17, 15) is 4.79 Å². The monoisotopic (exact) mass is 138 g/mol. The van der Waals surface area contributed by atoms with Crippen LogP contribution in [0.25, 0.3) is 0 Å². The molecule has 9 heavy (non-hydrogen) atoms. The number of hydrogen-bond donors (Lipinski definition) is 0. The van der Waals surface area contributed by atoms with Gasteiger partial charge >= 0.3 is 20.4 Å². The molecule has 0 rings (SSSR count). The van der Waals surface area contributed by atoms with Crippen molar-refractivity contribution >= 4 is 24.3 Å². The first-order valence-electron chi connectivity index (χ1n) is 3.83. The van der Waals surface area contributed by atoms with Gasteiger partial charge in [0.1, 0.15) is 0 Å². The van der Waals surface area contributed by atoms with E-state index in [1.165, 1.54) is 17.4 Å². The summed E-state index contributed by atoms with van der Waals surface area (Å²) in [4.78, 5) is 10.7. The lowest BCUT2D eigenvalue weighted by molar-refractivity contribution is -0.111. The number of hydrogen-bond acceptors (Lipinski definition) is 1. The topological polar surface area (TPSA) is 17.1 Å². The maximum absolute atomic E-state index is 10.7. The summed E-state index contributed by atoms with van der Waals surface area (Å²) >= 11 is -0.314. The van der Waals surface area contributed by atoms with E-state index in [0.717, 1.165) is 6.42 Å². The van der Waals surface area contributed by atoms with Crippen LogP contribution in [-0.4, -0.2) is 24.3 Å². The van der Waals surface area contributed by atoms with Gasteiger partial charge < -0.3 is 4.79 Å². The highest BCUT2D eigenvalue weighted by molar-refractivity contribution is 6.73. The Morgan fingerprint density at radius 3 is 2.56 bits per heavy atom. The van der Waals surface area contributed by atoms with Gasteiger partial charge in [0.05, 0.1) is 0 Å². The van der Waals surface area contributed by atoms with Crippen LogP contribution in [0, 0.1) is 0 Å². The van der Waals surface area contributed by atoms with Crippen molar-refractivity contribution in [3.63, 3.8) is 0 Å². The fourth-order valence-corrected chi connectivity index (χ4v) is 2.25. The Morgan fingerprint density at radius 1 is 1.44 bits per heavy atom. The summed E-state index contributed by atoms with van der Waals surface area (Å²) < 4.78 is 1.77. The molecule has 0 unspecified atom stereocenters. The van der Waals surface area contributed by atoms with Gasteiger partial charge in [-0.3, -0.25) is 0 Å². The smallest absolute Gasteiger partial charge is 0.336 e. The number of carbonyl (C=O) groups is 1. The molecule has 0 aliphatic rings. The average Bonchev–Trinajstić information content (AvgIpc) is 1.89. The number of unbranched alkanes of at least 4 members (excludes halogenated alkanes) is 1. The molecule has 0 aromatic rings. The molecule has 0 saturated heterocycles. The maximum Gasteiger partial charge on any atom is 0.468 e. The minimum absolute atomic E-state index is 0.314. The Bertz CT molecular complexity index is 81.0. The van der Waals surface area contributed by atoms with Crippen molar-refractivity contribution in [2.75, 3.05) is 0 Å². The highest BCUT2D eigenvalue weighted by Crippen LogP contribution is 1.94. The quantitative estimate of drug-likeness (QED) is 0.419. The van der Waals surface area contributed by atoms with Gasteiger partial charge in [0.15, 0.2) is 0 Å². The lowest BCUT2D eigenvalue weighted by Gasteiger charge is -1.91. The minimum Gasteiger partial charge on any atom is -0.336 e. The second-order valence-corrected chi connectivity index (χ2v) is 4.35. The first kappa shape index (κ1) is 9.44. The number of carbonyl (C=O) groups excluding carboxylic acids is 1. The molecule has 0 bridgehead atoms. The molecule has 50 valence electrons. The van der Waals surface area contributed by atoms with E-state index in [-0.39, 0.29) is 20.4 Å². The zero-order valence-electron chi connectivity index (χ0n) is 6.44. The van der Waals surface area contributed by atoms with Crippen molar-refractivity contribution in [3.05, 3.63) is 0 Å². The van der Waals surface area contributed by atoms with Gasteiger partial charge in [-0.05, 0) is 10.3 Å². The standard InChI is InChI=1S/C4H9.C3H5O.Mg/c1-3-4-2;1-2-3-4;/h1,3-4H2,2H3;2H2,1H3;. The lowest BCUT2D eigenvalue weighted by Crippen LogP contribution is -2.05. The van der Waals surface area contributed by atoms with E-state index in [2.05, 4.69) is 6.92 Å². The van der Waals surface area contributed by atoms with Crippen LogP contribution in [0.15, 0.2) is 0 Å². The Balaban J connectivity index is 2.97. The predicted octanol–water partition coefficient (Wildman–Crippen LogP) is 1.85. The average molecular weight is 138 g/mol. The largest absolute Gasteiger partial charge is 0.468 e. The van der Waals surface area contributed by atoms with Crippen LogP contribution in [-0.2, 0) is 4.79 Å². The summed E-state index contributed by atoms with van der Waals surface area (Å²) in [5.74, 6) is 0. The molecule has 0 N–H and O–H groups in total. The molecular weight excluding hydrogens is 124 g/mol. The Kier molecular flexibility index (Phi) is 6.87. The van der Waals surface area contributed by atoms with Crippen LogP contribution in [0.5, 0.6) is 0 Å². The van der Waals surface area contributed by atoms with Gasteiger partial charge in [0.25, 0.3) is 0 Å². The molecule has 0 spiro atoms. The lowest BCUT2D eigenvalue weighted by atomic mass is 10.4. The van der Waals surface area contributed by atoms with Crippen LogP contribution in [0.3, 0.4) is 0 Å². The van der Waals surface area contributed by atoms with Crippen molar-refractivity contribution in [3.8, 4) is 0 Å². The molecule has 0 heterocycles. The summed E-state index contributed by atoms with van der Waals surface area (Å²) in [6.45, 7) is 4.13. The molecular formula is C7H14MgO. The highest BCUT2D eigenvalue weighted by atomic mass is 24.5. The molecule has 0 aliphatic carbocycles. The van der Waals surface area contributed by atoms with E-state index >= 15 is 0 Å². The molecule has 0 amide bonds. The third-order valence-corrected chi connectivity index (χ3v) is 3.36. The SMILES string of the molecule is CCC[CH2][Mg][C](=O)CC. The van der Waals surface area contributed by atoms with Crippen molar-refractivity contribution < 1.29 is 4.79 Å². The minimum atomic E-state index is -0.314. The zero-order chi connectivity index (χ0) is 7.11. The van der Waals surface area contributed by atoms with Gasteiger partial charge in [-0.1, -0.05) is 26.7 Å². The number of rotatable bonds is 5. The summed E-state index contributed by atoms with van der Waals surface area (Å²) in [5, 5.41) is 0. The van der Waals surface area contributed by atoms with Crippen LogP contribution in [0.2, 0.25) is 4.55 Å². The van der Waals surface area contributed by atoms with Crippen LogP contribution < -0.4 is 0 Å². The molecule has 0 saturated carbocycles. The third-order valence-electron chi connectivity index (χ3n) is 1.45. The van der Waals surface area contributed by atoms with Crippen molar-refractivity contribution in [2.45, 2.75) is 37.7 Å². The first-order valence-corrected chi connectivity index (χ1v) is 5.53. The molecule has 0 radical (unpaired) electrons. The highest BCUT2D eigenvalue weighted by Gasteiger charge is 2.02. The second-order valence-electron chi connectivity index (χ2n) is 2.35. The molecule has 2 heteroatoms. The Hall–Kier alpha value is 0.436. The van der Waals surface area contributed by atoms with Crippen LogP contribution >= 0.6 is 0 Å². The van der Waals surface area contributed by atoms with Gasteiger partial charge in [0, 0.05) is 0 Å². The maximum atomic E-state index is 10.7. The molecule has 0 aromatic carbocycles. The third kappa shape index (κ3) is 6.32. The van der Waals surface area contributed by atoms with Gasteiger partial charge in [-0.25, -0.2) is 0 Å². The van der Waals surface area contributed by atoms with Crippen molar-refractivity contribution in [2.24, 2.45) is 0 Å². The summed E-state index contributed by atoms with van der Waals surface area (Å²) in [5.41, 5.74) is 0. The van der Waals surface area contributed by atoms with Crippen molar-refractivity contribution in [1.82, 2.24) is 0 Å². The van der Waals surface area contributed by atoms with Crippen LogP contribution in [0.1, 0.15) is 33.1 Å². The second kappa shape index (κ2) is 6.55. The van der Waals surface area contributed by atoms with Gasteiger partial charge in [0.2, 0.25) is 0 Å². The van der Waals surface area contributed by atoms with E-state index in [1.54, 1.807) is 0 Å². The summed E-state index contributed by atoms with van der Waals surface area (Å²) in [6.07, 6.45) is 3.28. The summed E-state index contributed by atoms with van der Waals surface area (Å²) in [6, 6.07) is 0. The first-order chi connectivity index (χ1) is 4.31. The van der Waals surface area contributed by atoms with Gasteiger partial charge in [-0.15, -0.1) is 4.55 Å². The predicted molar refractivity (Wildman–Crippen MR) is 40.8 cm³/mol. The van der Waals surface area contributed by atoms with Gasteiger partial charge in [-0.2, -0.15) is 0 Å². The van der Waals surface area contributed by atoms with Crippen molar-refractivity contribution in [1.29, 1.82) is 0 Å². The molecule has 1 nitrogen and oxygen atoms in total.